The maximum absolute atomic E-state index is 12.9. The number of rotatable bonds is 7. The Morgan fingerprint density at radius 2 is 1.67 bits per heavy atom. The molecule has 0 N–H and O–H groups in total. The second-order valence-electron chi connectivity index (χ2n) is 7.88. The third-order valence-corrected chi connectivity index (χ3v) is 6.03. The van der Waals surface area contributed by atoms with E-state index >= 15 is 0 Å². The van der Waals surface area contributed by atoms with E-state index in [1.165, 1.54) is 11.1 Å². The fourth-order valence-electron chi connectivity index (χ4n) is 4.48. The Hall–Kier alpha value is -2.13. The van der Waals surface area contributed by atoms with E-state index in [0.29, 0.717) is 11.8 Å². The lowest BCUT2D eigenvalue weighted by Gasteiger charge is -2.41. The lowest BCUT2D eigenvalue weighted by molar-refractivity contribution is -0.149. The van der Waals surface area contributed by atoms with Gasteiger partial charge in [0.15, 0.2) is 0 Å². The number of ether oxygens (including phenoxy) is 1. The number of nitrogens with zero attached hydrogens (tertiary/aromatic N) is 1. The summed E-state index contributed by atoms with van der Waals surface area (Å²) < 4.78 is 5.96. The van der Waals surface area contributed by atoms with Crippen molar-refractivity contribution in [2.45, 2.75) is 44.1 Å². The van der Waals surface area contributed by atoms with E-state index in [4.69, 9.17) is 4.74 Å². The Balaban J connectivity index is 1.19. The van der Waals surface area contributed by atoms with Crippen LogP contribution in [0.3, 0.4) is 0 Å². The highest BCUT2D eigenvalue weighted by Crippen LogP contribution is 2.41. The van der Waals surface area contributed by atoms with Crippen molar-refractivity contribution in [3.05, 3.63) is 71.8 Å². The number of benzene rings is 2. The van der Waals surface area contributed by atoms with Crippen molar-refractivity contribution in [2.75, 3.05) is 19.7 Å². The van der Waals surface area contributed by atoms with Crippen LogP contribution in [0, 0.1) is 5.92 Å². The first-order chi connectivity index (χ1) is 13.3. The van der Waals surface area contributed by atoms with E-state index in [2.05, 4.69) is 48.5 Å². The molecule has 1 saturated carbocycles. The summed E-state index contributed by atoms with van der Waals surface area (Å²) in [7, 11) is 0. The number of amides is 1. The Labute approximate surface area is 162 Å². The summed E-state index contributed by atoms with van der Waals surface area (Å²) in [5.74, 6) is 0.890. The zero-order valence-electron chi connectivity index (χ0n) is 15.9. The molecule has 1 saturated heterocycles. The summed E-state index contributed by atoms with van der Waals surface area (Å²) in [6.45, 7) is 2.31. The number of carbonyl (C=O) groups excluding carboxylic acids is 1. The second-order valence-corrected chi connectivity index (χ2v) is 7.88. The number of carbonyl (C=O) groups is 1. The Bertz CT molecular complexity index is 725. The highest BCUT2D eigenvalue weighted by Gasteiger charge is 2.40. The Morgan fingerprint density at radius 1 is 0.963 bits per heavy atom. The molecule has 1 aliphatic carbocycles. The molecule has 0 spiro atoms. The number of hydrogen-bond donors (Lipinski definition) is 0. The van der Waals surface area contributed by atoms with Gasteiger partial charge in [0.1, 0.15) is 0 Å². The molecule has 2 aromatic carbocycles. The van der Waals surface area contributed by atoms with Gasteiger partial charge in [-0.3, -0.25) is 4.79 Å². The first-order valence-corrected chi connectivity index (χ1v) is 10.3. The summed E-state index contributed by atoms with van der Waals surface area (Å²) in [5.41, 5.74) is 2.68. The number of aryl methyl sites for hydroxylation is 1. The van der Waals surface area contributed by atoms with Gasteiger partial charge >= 0.3 is 0 Å². The van der Waals surface area contributed by atoms with Crippen LogP contribution in [0.1, 0.15) is 42.7 Å². The van der Waals surface area contributed by atoms with E-state index in [1.807, 2.05) is 17.0 Å². The molecule has 0 aromatic heterocycles. The zero-order valence-corrected chi connectivity index (χ0v) is 15.9. The van der Waals surface area contributed by atoms with Crippen molar-refractivity contribution >= 4 is 5.91 Å². The van der Waals surface area contributed by atoms with Crippen molar-refractivity contribution in [3.8, 4) is 0 Å². The van der Waals surface area contributed by atoms with E-state index in [0.717, 1.165) is 51.8 Å². The van der Waals surface area contributed by atoms with Crippen molar-refractivity contribution in [1.82, 2.24) is 4.90 Å². The molecule has 2 aromatic rings. The van der Waals surface area contributed by atoms with Crippen molar-refractivity contribution in [2.24, 2.45) is 5.92 Å². The average molecular weight is 364 g/mol. The third kappa shape index (κ3) is 4.41. The van der Waals surface area contributed by atoms with Gasteiger partial charge in [0.25, 0.3) is 0 Å². The quantitative estimate of drug-likeness (QED) is 0.681. The molecular weight excluding hydrogens is 334 g/mol. The zero-order chi connectivity index (χ0) is 18.5. The molecule has 4 rings (SSSR count). The van der Waals surface area contributed by atoms with Gasteiger partial charge in [-0.05, 0) is 42.7 Å². The standard InChI is InChI=1S/C24H29NO2/c26-24(23-15-7-14-22(23)20-12-5-2-6-13-20)25-17-21(18-25)27-16-8-11-19-9-3-1-4-10-19/h1-6,9-10,12-13,21-23H,7-8,11,14-18H2. The normalized spacial score (nSPS) is 22.6. The van der Waals surface area contributed by atoms with Gasteiger partial charge in [-0.2, -0.15) is 0 Å². The Morgan fingerprint density at radius 3 is 2.41 bits per heavy atom. The lowest BCUT2D eigenvalue weighted by atomic mass is 9.87. The van der Waals surface area contributed by atoms with Crippen molar-refractivity contribution in [3.63, 3.8) is 0 Å². The topological polar surface area (TPSA) is 29.5 Å². The first-order valence-electron chi connectivity index (χ1n) is 10.3. The minimum absolute atomic E-state index is 0.159. The van der Waals surface area contributed by atoms with Crippen molar-refractivity contribution < 1.29 is 9.53 Å². The average Bonchev–Trinajstić information content (AvgIpc) is 3.17. The molecule has 1 amide bonds. The van der Waals surface area contributed by atoms with Gasteiger partial charge in [-0.15, -0.1) is 0 Å². The van der Waals surface area contributed by atoms with Gasteiger partial charge in [0, 0.05) is 25.6 Å². The summed E-state index contributed by atoms with van der Waals surface area (Å²) in [4.78, 5) is 14.9. The van der Waals surface area contributed by atoms with Gasteiger partial charge in [-0.1, -0.05) is 67.1 Å². The smallest absolute Gasteiger partial charge is 0.226 e. The van der Waals surface area contributed by atoms with Crippen LogP contribution in [0.25, 0.3) is 0 Å². The molecule has 2 fully saturated rings. The Kier molecular flexibility index (Phi) is 5.88. The molecule has 2 unspecified atom stereocenters. The van der Waals surface area contributed by atoms with Crippen LogP contribution >= 0.6 is 0 Å². The van der Waals surface area contributed by atoms with Crippen LogP contribution in [0.2, 0.25) is 0 Å². The van der Waals surface area contributed by atoms with Gasteiger partial charge < -0.3 is 9.64 Å². The molecular formula is C24H29NO2. The monoisotopic (exact) mass is 363 g/mol. The molecule has 2 atom stereocenters. The summed E-state index contributed by atoms with van der Waals surface area (Å²) >= 11 is 0. The highest BCUT2D eigenvalue weighted by molar-refractivity contribution is 5.81. The molecule has 1 aliphatic heterocycles. The summed E-state index contributed by atoms with van der Waals surface area (Å²) in [5, 5.41) is 0. The number of hydrogen-bond acceptors (Lipinski definition) is 2. The van der Waals surface area contributed by atoms with E-state index in [9.17, 15) is 4.79 Å². The fourth-order valence-corrected chi connectivity index (χ4v) is 4.48. The predicted octanol–water partition coefficient (Wildman–Crippen LogP) is 4.43. The molecule has 3 nitrogen and oxygen atoms in total. The first kappa shape index (κ1) is 18.2. The van der Waals surface area contributed by atoms with Crippen LogP contribution in [-0.2, 0) is 16.0 Å². The van der Waals surface area contributed by atoms with Gasteiger partial charge in [0.05, 0.1) is 6.10 Å². The third-order valence-electron chi connectivity index (χ3n) is 6.03. The van der Waals surface area contributed by atoms with Crippen LogP contribution in [-0.4, -0.2) is 36.6 Å². The van der Waals surface area contributed by atoms with E-state index in [1.54, 1.807) is 0 Å². The molecule has 27 heavy (non-hydrogen) atoms. The SMILES string of the molecule is O=C(C1CCCC1c1ccccc1)N1CC(OCCCc2ccccc2)C1. The van der Waals surface area contributed by atoms with Crippen LogP contribution in [0.15, 0.2) is 60.7 Å². The fraction of sp³-hybridized carbons (Fsp3) is 0.458. The number of likely N-dealkylation sites (tertiary alicyclic amines) is 1. The predicted molar refractivity (Wildman–Crippen MR) is 108 cm³/mol. The molecule has 142 valence electrons. The lowest BCUT2D eigenvalue weighted by Crippen LogP contribution is -2.56. The molecule has 0 radical (unpaired) electrons. The van der Waals surface area contributed by atoms with Crippen LogP contribution in [0.5, 0.6) is 0 Å². The molecule has 2 aliphatic rings. The highest BCUT2D eigenvalue weighted by atomic mass is 16.5. The van der Waals surface area contributed by atoms with Gasteiger partial charge in [-0.25, -0.2) is 0 Å². The second kappa shape index (κ2) is 8.71. The minimum atomic E-state index is 0.159. The van der Waals surface area contributed by atoms with E-state index < -0.39 is 0 Å². The van der Waals surface area contributed by atoms with Crippen molar-refractivity contribution in [1.29, 1.82) is 0 Å². The minimum Gasteiger partial charge on any atom is -0.375 e. The molecule has 3 heteroatoms. The summed E-state index contributed by atoms with van der Waals surface area (Å²) in [6.07, 6.45) is 5.62. The van der Waals surface area contributed by atoms with E-state index in [-0.39, 0.29) is 12.0 Å². The van der Waals surface area contributed by atoms with Crippen LogP contribution < -0.4 is 0 Å². The maximum Gasteiger partial charge on any atom is 0.226 e. The molecule has 1 heterocycles. The van der Waals surface area contributed by atoms with Gasteiger partial charge in [0.2, 0.25) is 5.91 Å². The maximum atomic E-state index is 12.9. The largest absolute Gasteiger partial charge is 0.375 e. The molecule has 0 bridgehead atoms. The summed E-state index contributed by atoms with van der Waals surface area (Å²) in [6, 6.07) is 21.1. The van der Waals surface area contributed by atoms with Crippen LogP contribution in [0.4, 0.5) is 0 Å².